The van der Waals surface area contributed by atoms with Crippen LogP contribution in [0.1, 0.15) is 18.9 Å². The Hall–Kier alpha value is -2.36. The zero-order valence-corrected chi connectivity index (χ0v) is 11.9. The molecular weight excluding hydrogens is 294 g/mol. The summed E-state index contributed by atoms with van der Waals surface area (Å²) in [4.78, 5) is 11.4. The van der Waals surface area contributed by atoms with E-state index in [-0.39, 0.29) is 30.1 Å². The van der Waals surface area contributed by atoms with E-state index in [0.717, 1.165) is 0 Å². The molecule has 0 saturated heterocycles. The lowest BCUT2D eigenvalue weighted by molar-refractivity contribution is -0.173. The molecule has 0 bridgehead atoms. The highest BCUT2D eigenvalue weighted by Gasteiger charge is 2.28. The average molecular weight is 311 g/mol. The quantitative estimate of drug-likeness (QED) is 0.290. The van der Waals surface area contributed by atoms with Gasteiger partial charge in [-0.05, 0) is 19.1 Å². The number of fused-ring (bicyclic) bond motifs is 1. The lowest BCUT2D eigenvalue weighted by Gasteiger charge is -2.09. The van der Waals surface area contributed by atoms with Gasteiger partial charge in [0.25, 0.3) is 5.91 Å². The van der Waals surface area contributed by atoms with E-state index < -0.39 is 12.4 Å². The Morgan fingerprint density at radius 2 is 2.32 bits per heavy atom. The largest absolute Gasteiger partial charge is 0.504 e. The number of hydrogen-bond donors (Lipinski definition) is 3. The van der Waals surface area contributed by atoms with E-state index >= 15 is 0 Å². The maximum Gasteiger partial charge on any atom is 0.361 e. The fraction of sp³-hybridized carbons (Fsp3) is 0.385. The van der Waals surface area contributed by atoms with Gasteiger partial charge in [-0.1, -0.05) is 0 Å². The second-order valence-electron chi connectivity index (χ2n) is 4.27. The fourth-order valence-corrected chi connectivity index (χ4v) is 1.71. The molecule has 2 rings (SSSR count). The molecule has 9 heteroatoms. The summed E-state index contributed by atoms with van der Waals surface area (Å²) < 4.78 is 15.8. The molecule has 0 aliphatic carbocycles. The van der Waals surface area contributed by atoms with Crippen molar-refractivity contribution in [2.45, 2.75) is 19.8 Å². The van der Waals surface area contributed by atoms with Crippen molar-refractivity contribution in [1.29, 1.82) is 0 Å². The van der Waals surface area contributed by atoms with Crippen LogP contribution in [-0.2, 0) is 9.53 Å². The van der Waals surface area contributed by atoms with Gasteiger partial charge in [-0.2, -0.15) is 10.2 Å². The Kier molecular flexibility index (Phi) is 5.15. The number of hydrogen-bond acceptors (Lipinski definition) is 8. The molecule has 1 atom stereocenters. The third kappa shape index (κ3) is 3.45. The van der Waals surface area contributed by atoms with Crippen LogP contribution < -0.4 is 15.3 Å². The summed E-state index contributed by atoms with van der Waals surface area (Å²) in [6.07, 6.45) is 1.05. The lowest BCUT2D eigenvalue weighted by atomic mass is 10.2. The molecule has 0 saturated carbocycles. The normalized spacial score (nSPS) is 16.2. The molecule has 1 unspecified atom stereocenters. The van der Waals surface area contributed by atoms with Crippen molar-refractivity contribution in [3.05, 3.63) is 17.7 Å². The first kappa shape index (κ1) is 16.0. The molecule has 22 heavy (non-hydrogen) atoms. The molecule has 120 valence electrons. The zero-order chi connectivity index (χ0) is 16.1. The van der Waals surface area contributed by atoms with Crippen molar-refractivity contribution in [2.75, 3.05) is 13.2 Å². The van der Waals surface area contributed by atoms with Gasteiger partial charge in [0, 0.05) is 5.56 Å². The number of rotatable bonds is 6. The van der Waals surface area contributed by atoms with Crippen LogP contribution in [0, 0.1) is 0 Å². The fourth-order valence-electron chi connectivity index (χ4n) is 1.71. The third-order valence-corrected chi connectivity index (χ3v) is 2.77. The number of phenolic OH excluding ortho intramolecular Hbond substituents is 1. The van der Waals surface area contributed by atoms with Gasteiger partial charge < -0.3 is 24.4 Å². The summed E-state index contributed by atoms with van der Waals surface area (Å²) >= 11 is 0. The molecule has 1 heterocycles. The average Bonchev–Trinajstić information content (AvgIpc) is 2.90. The molecular formula is C13H17N3O6. The zero-order valence-electron chi connectivity index (χ0n) is 11.9. The van der Waals surface area contributed by atoms with Crippen LogP contribution in [0.25, 0.3) is 0 Å². The van der Waals surface area contributed by atoms with Gasteiger partial charge in [0.2, 0.25) is 5.75 Å². The van der Waals surface area contributed by atoms with Crippen molar-refractivity contribution < 1.29 is 29.2 Å². The lowest BCUT2D eigenvalue weighted by Crippen LogP contribution is -2.32. The van der Waals surface area contributed by atoms with Gasteiger partial charge in [0.05, 0.1) is 25.8 Å². The number of amides is 1. The van der Waals surface area contributed by atoms with E-state index in [1.165, 1.54) is 12.3 Å². The van der Waals surface area contributed by atoms with Crippen molar-refractivity contribution in [3.63, 3.8) is 0 Å². The minimum atomic E-state index is -0.907. The predicted molar refractivity (Wildman–Crippen MR) is 75.1 cm³/mol. The van der Waals surface area contributed by atoms with Crippen LogP contribution in [0.5, 0.6) is 17.2 Å². The molecule has 0 aromatic heterocycles. The standard InChI is InChI=1S/C13H17N3O6/c1-2-20-13-21-9-4-3-8(11(19)12(9)22-13)7-15-16(14)10(18)5-6-17/h3-4,7,13,17,19H,2,5-6,14H2,1H3/b15-7+. The van der Waals surface area contributed by atoms with Crippen LogP contribution in [0.4, 0.5) is 0 Å². The molecule has 1 aliphatic heterocycles. The summed E-state index contributed by atoms with van der Waals surface area (Å²) in [5, 5.41) is 23.0. The van der Waals surface area contributed by atoms with Crippen LogP contribution in [0.3, 0.4) is 0 Å². The summed E-state index contributed by atoms with van der Waals surface area (Å²) in [5.41, 5.74) is 0.284. The number of nitrogens with two attached hydrogens (primary N) is 1. The Morgan fingerprint density at radius 1 is 1.55 bits per heavy atom. The first-order valence-corrected chi connectivity index (χ1v) is 6.60. The first-order valence-electron chi connectivity index (χ1n) is 6.60. The smallest absolute Gasteiger partial charge is 0.361 e. The maximum absolute atomic E-state index is 11.4. The molecule has 1 amide bonds. The molecule has 0 radical (unpaired) electrons. The van der Waals surface area contributed by atoms with E-state index in [1.807, 2.05) is 0 Å². The van der Waals surface area contributed by atoms with Crippen molar-refractivity contribution in [3.8, 4) is 17.2 Å². The van der Waals surface area contributed by atoms with Gasteiger partial charge in [-0.3, -0.25) is 4.79 Å². The van der Waals surface area contributed by atoms with E-state index in [4.69, 9.17) is 25.2 Å². The van der Waals surface area contributed by atoms with Crippen LogP contribution in [0.2, 0.25) is 0 Å². The SMILES string of the molecule is CCOC1Oc2ccc(/C=N/N(N)C(=O)CCO)c(O)c2O1. The van der Waals surface area contributed by atoms with E-state index in [2.05, 4.69) is 5.10 Å². The van der Waals surface area contributed by atoms with Crippen molar-refractivity contribution in [2.24, 2.45) is 10.9 Å². The molecule has 1 aliphatic rings. The number of ether oxygens (including phenoxy) is 3. The summed E-state index contributed by atoms with van der Waals surface area (Å²) in [5.74, 6) is 5.10. The number of carbonyl (C=O) groups excluding carboxylic acids is 1. The Morgan fingerprint density at radius 3 is 3.00 bits per heavy atom. The molecule has 0 fully saturated rings. The van der Waals surface area contributed by atoms with E-state index in [1.54, 1.807) is 13.0 Å². The minimum absolute atomic E-state index is 0.132. The molecule has 4 N–H and O–H groups in total. The molecule has 1 aromatic carbocycles. The van der Waals surface area contributed by atoms with Gasteiger partial charge in [-0.15, -0.1) is 0 Å². The second kappa shape index (κ2) is 7.07. The molecule has 9 nitrogen and oxygen atoms in total. The number of aromatic hydroxyl groups is 1. The number of phenols is 1. The first-order chi connectivity index (χ1) is 10.6. The van der Waals surface area contributed by atoms with Gasteiger partial charge >= 0.3 is 6.48 Å². The Balaban J connectivity index is 2.12. The summed E-state index contributed by atoms with van der Waals surface area (Å²) in [6, 6.07) is 3.10. The molecule has 1 aromatic rings. The second-order valence-corrected chi connectivity index (χ2v) is 4.27. The van der Waals surface area contributed by atoms with Gasteiger partial charge in [0.15, 0.2) is 11.5 Å². The number of aliphatic hydroxyl groups excluding tert-OH is 1. The van der Waals surface area contributed by atoms with Crippen LogP contribution in [0.15, 0.2) is 17.2 Å². The summed E-state index contributed by atoms with van der Waals surface area (Å²) in [6.45, 7) is 0.946. The highest BCUT2D eigenvalue weighted by molar-refractivity contribution is 5.87. The summed E-state index contributed by atoms with van der Waals surface area (Å²) in [7, 11) is 0. The number of aliphatic hydroxyl groups is 1. The van der Waals surface area contributed by atoms with E-state index in [0.29, 0.717) is 17.5 Å². The molecule has 0 spiro atoms. The predicted octanol–water partition coefficient (Wildman–Crippen LogP) is -0.0979. The van der Waals surface area contributed by atoms with Gasteiger partial charge in [0.1, 0.15) is 0 Å². The highest BCUT2D eigenvalue weighted by Crippen LogP contribution is 2.43. The van der Waals surface area contributed by atoms with E-state index in [9.17, 15) is 9.90 Å². The number of benzene rings is 1. The topological polar surface area (TPSA) is 127 Å². The number of hydrazine groups is 1. The number of hydrazone groups is 1. The maximum atomic E-state index is 11.4. The van der Waals surface area contributed by atoms with Gasteiger partial charge in [-0.25, -0.2) is 5.84 Å². The Bertz CT molecular complexity index is 577. The number of carbonyl (C=O) groups is 1. The minimum Gasteiger partial charge on any atom is -0.504 e. The monoisotopic (exact) mass is 311 g/mol. The van der Waals surface area contributed by atoms with Crippen molar-refractivity contribution in [1.82, 2.24) is 5.12 Å². The Labute approximate surface area is 126 Å². The van der Waals surface area contributed by atoms with Crippen molar-refractivity contribution >= 4 is 12.1 Å². The third-order valence-electron chi connectivity index (χ3n) is 2.77. The van der Waals surface area contributed by atoms with Crippen LogP contribution >= 0.6 is 0 Å². The highest BCUT2D eigenvalue weighted by atomic mass is 16.9. The number of nitrogens with zero attached hydrogens (tertiary/aromatic N) is 2. The van der Waals surface area contributed by atoms with Crippen LogP contribution in [-0.4, -0.2) is 47.1 Å².